The molecule has 0 atom stereocenters. The third-order valence-corrected chi connectivity index (χ3v) is 12.6. The summed E-state index contributed by atoms with van der Waals surface area (Å²) in [5.41, 5.74) is 19.6. The molecule has 6 aromatic carbocycles. The summed E-state index contributed by atoms with van der Waals surface area (Å²) in [7, 11) is 0. The van der Waals surface area contributed by atoms with Gasteiger partial charge < -0.3 is 0 Å². The summed E-state index contributed by atoms with van der Waals surface area (Å²) in [6.07, 6.45) is 4.18. The Labute approximate surface area is 365 Å². The van der Waals surface area contributed by atoms with Crippen LogP contribution in [0.3, 0.4) is 0 Å². The van der Waals surface area contributed by atoms with Gasteiger partial charge in [0.2, 0.25) is 0 Å². The first-order chi connectivity index (χ1) is 31.0. The van der Waals surface area contributed by atoms with Crippen LogP contribution >= 0.6 is 0 Å². The lowest BCUT2D eigenvalue weighted by Crippen LogP contribution is -2.15. The smallest absolute Gasteiger partial charge is 0.160 e. The number of hydrogen-bond acceptors (Lipinski definition) is 4. The highest BCUT2D eigenvalue weighted by Gasteiger charge is 2.35. The second kappa shape index (κ2) is 14.5. The summed E-state index contributed by atoms with van der Waals surface area (Å²) < 4.78 is 4.36. The molecule has 0 spiro atoms. The predicted molar refractivity (Wildman–Crippen MR) is 255 cm³/mol. The average molecular weight is 809 g/mol. The van der Waals surface area contributed by atoms with E-state index in [9.17, 15) is 0 Å². The van der Waals surface area contributed by atoms with Gasteiger partial charge in [-0.2, -0.15) is 0 Å². The molecule has 0 saturated heterocycles. The van der Waals surface area contributed by atoms with Gasteiger partial charge in [0.15, 0.2) is 5.82 Å². The van der Waals surface area contributed by atoms with E-state index in [-0.39, 0.29) is 5.41 Å². The molecule has 0 bridgehead atoms. The molecule has 6 heteroatoms. The minimum Gasteiger partial charge on any atom is -0.299 e. The molecular formula is C57H40N6. The van der Waals surface area contributed by atoms with Crippen molar-refractivity contribution >= 4 is 11.3 Å². The Bertz CT molecular complexity index is 3360. The van der Waals surface area contributed by atoms with Gasteiger partial charge in [0.1, 0.15) is 11.3 Å². The molecule has 5 heterocycles. The number of pyridine rings is 2. The zero-order valence-corrected chi connectivity index (χ0v) is 34.8. The van der Waals surface area contributed by atoms with Crippen LogP contribution in [0.5, 0.6) is 0 Å². The van der Waals surface area contributed by atoms with Gasteiger partial charge in [-0.3, -0.25) is 8.80 Å². The van der Waals surface area contributed by atoms with Gasteiger partial charge in [-0.1, -0.05) is 159 Å². The van der Waals surface area contributed by atoms with Crippen molar-refractivity contribution in [2.75, 3.05) is 0 Å². The fourth-order valence-electron chi connectivity index (χ4n) is 9.51. The van der Waals surface area contributed by atoms with Crippen molar-refractivity contribution in [2.24, 2.45) is 0 Å². The highest BCUT2D eigenvalue weighted by atomic mass is 15.0. The van der Waals surface area contributed by atoms with Crippen LogP contribution in [0.2, 0.25) is 0 Å². The van der Waals surface area contributed by atoms with E-state index in [4.69, 9.17) is 19.9 Å². The van der Waals surface area contributed by atoms with Crippen LogP contribution in [-0.4, -0.2) is 28.7 Å². The standard InChI is InChI=1S/C57H40N6/c1-57(2)46-26-10-9-25-44(46)45-30-29-43(35-47(45)57)56-58-48(39-21-15-23-41(33-39)54-52(37-17-5-3-6-18-37)60-50-27-11-13-31-62(50)54)36-49(59-56)40-22-16-24-42(34-40)55-53(38-19-7-4-8-20-38)61-51-28-12-14-32-63(51)55/h3-36H,1-2H3. The van der Waals surface area contributed by atoms with Crippen LogP contribution in [0.4, 0.5) is 0 Å². The van der Waals surface area contributed by atoms with Crippen molar-refractivity contribution in [1.82, 2.24) is 28.7 Å². The number of fused-ring (bicyclic) bond motifs is 5. The molecule has 5 aromatic heterocycles. The Morgan fingerprint density at radius 2 is 0.825 bits per heavy atom. The number of hydrogen-bond donors (Lipinski definition) is 0. The number of imidazole rings is 2. The van der Waals surface area contributed by atoms with E-state index in [1.54, 1.807) is 0 Å². The molecule has 0 amide bonds. The van der Waals surface area contributed by atoms with Crippen LogP contribution in [0.25, 0.3) is 101 Å². The SMILES string of the molecule is CC1(C)c2ccccc2-c2ccc(-c3nc(-c4cccc(-c5c(-c6ccccc6)nc6ccccn56)c4)cc(-c4cccc(-c5c(-c6ccccc6)nc6ccccn56)c4)n3)cc21. The molecule has 0 N–H and O–H groups in total. The second-order valence-corrected chi connectivity index (χ2v) is 16.8. The van der Waals surface area contributed by atoms with Crippen molar-refractivity contribution in [3.05, 3.63) is 218 Å². The van der Waals surface area contributed by atoms with Gasteiger partial charge in [-0.05, 0) is 70.8 Å². The van der Waals surface area contributed by atoms with Gasteiger partial charge in [-0.15, -0.1) is 0 Å². The van der Waals surface area contributed by atoms with Crippen LogP contribution in [0.1, 0.15) is 25.0 Å². The van der Waals surface area contributed by atoms with Crippen molar-refractivity contribution in [1.29, 1.82) is 0 Å². The van der Waals surface area contributed by atoms with Crippen molar-refractivity contribution in [3.63, 3.8) is 0 Å². The minimum absolute atomic E-state index is 0.167. The fraction of sp³-hybridized carbons (Fsp3) is 0.0526. The van der Waals surface area contributed by atoms with E-state index >= 15 is 0 Å². The zero-order chi connectivity index (χ0) is 42.1. The van der Waals surface area contributed by atoms with Crippen molar-refractivity contribution in [3.8, 4) is 90.1 Å². The summed E-state index contributed by atoms with van der Waals surface area (Å²) in [4.78, 5) is 21.1. The maximum atomic E-state index is 5.41. The predicted octanol–water partition coefficient (Wildman–Crippen LogP) is 13.7. The first-order valence-corrected chi connectivity index (χ1v) is 21.4. The molecule has 0 aliphatic heterocycles. The Hall–Kier alpha value is -8.22. The zero-order valence-electron chi connectivity index (χ0n) is 34.8. The van der Waals surface area contributed by atoms with E-state index in [0.29, 0.717) is 5.82 Å². The lowest BCUT2D eigenvalue weighted by molar-refractivity contribution is 0.660. The van der Waals surface area contributed by atoms with E-state index < -0.39 is 0 Å². The van der Waals surface area contributed by atoms with Gasteiger partial charge >= 0.3 is 0 Å². The molecule has 0 radical (unpaired) electrons. The van der Waals surface area contributed by atoms with E-state index in [1.807, 2.05) is 24.3 Å². The maximum absolute atomic E-state index is 5.41. The van der Waals surface area contributed by atoms with E-state index in [0.717, 1.165) is 84.4 Å². The first kappa shape index (κ1) is 36.6. The normalized spacial score (nSPS) is 12.7. The number of benzene rings is 6. The van der Waals surface area contributed by atoms with Crippen LogP contribution in [-0.2, 0) is 5.41 Å². The summed E-state index contributed by atoms with van der Waals surface area (Å²) in [5.74, 6) is 0.674. The molecule has 1 aliphatic rings. The van der Waals surface area contributed by atoms with Gasteiger partial charge in [0.25, 0.3) is 0 Å². The van der Waals surface area contributed by atoms with Crippen LogP contribution < -0.4 is 0 Å². The summed E-state index contributed by atoms with van der Waals surface area (Å²) in [5, 5.41) is 0. The van der Waals surface area contributed by atoms with Crippen molar-refractivity contribution in [2.45, 2.75) is 19.3 Å². The molecule has 63 heavy (non-hydrogen) atoms. The molecule has 298 valence electrons. The highest BCUT2D eigenvalue weighted by molar-refractivity contribution is 5.87. The molecule has 0 unspecified atom stereocenters. The molecule has 12 rings (SSSR count). The molecule has 0 fully saturated rings. The summed E-state index contributed by atoms with van der Waals surface area (Å²) in [6.45, 7) is 4.63. The molecule has 0 saturated carbocycles. The van der Waals surface area contributed by atoms with Gasteiger partial charge in [0, 0.05) is 56.8 Å². The third kappa shape index (κ3) is 6.10. The topological polar surface area (TPSA) is 60.4 Å². The average Bonchev–Trinajstić information content (AvgIpc) is 4.00. The Morgan fingerprint density at radius 1 is 0.349 bits per heavy atom. The van der Waals surface area contributed by atoms with Gasteiger partial charge in [-0.25, -0.2) is 19.9 Å². The second-order valence-electron chi connectivity index (χ2n) is 16.8. The van der Waals surface area contributed by atoms with Crippen LogP contribution in [0, 0.1) is 0 Å². The molecular weight excluding hydrogens is 769 g/mol. The summed E-state index contributed by atoms with van der Waals surface area (Å²) in [6, 6.07) is 68.1. The van der Waals surface area contributed by atoms with E-state index in [1.165, 1.54) is 22.3 Å². The lowest BCUT2D eigenvalue weighted by Gasteiger charge is -2.22. The highest BCUT2D eigenvalue weighted by Crippen LogP contribution is 2.49. The third-order valence-electron chi connectivity index (χ3n) is 12.6. The lowest BCUT2D eigenvalue weighted by atomic mass is 9.82. The minimum atomic E-state index is -0.167. The maximum Gasteiger partial charge on any atom is 0.160 e. The monoisotopic (exact) mass is 808 g/mol. The largest absolute Gasteiger partial charge is 0.299 e. The fourth-order valence-corrected chi connectivity index (χ4v) is 9.51. The van der Waals surface area contributed by atoms with Crippen molar-refractivity contribution < 1.29 is 0 Å². The van der Waals surface area contributed by atoms with Crippen LogP contribution in [0.15, 0.2) is 207 Å². The number of rotatable bonds is 7. The Kier molecular flexibility index (Phi) is 8.41. The summed E-state index contributed by atoms with van der Waals surface area (Å²) >= 11 is 0. The Morgan fingerprint density at radius 3 is 1.40 bits per heavy atom. The van der Waals surface area contributed by atoms with Gasteiger partial charge in [0.05, 0.1) is 34.2 Å². The molecule has 11 aromatic rings. The van der Waals surface area contributed by atoms with E-state index in [2.05, 4.69) is 205 Å². The first-order valence-electron chi connectivity index (χ1n) is 21.4. The number of nitrogens with zero attached hydrogens (tertiary/aromatic N) is 6. The molecule has 6 nitrogen and oxygen atoms in total. The quantitative estimate of drug-likeness (QED) is 0.161. The Balaban J connectivity index is 1.05. The number of aromatic nitrogens is 6. The molecule has 1 aliphatic carbocycles.